The third-order valence-electron chi connectivity index (χ3n) is 3.08. The van der Waals surface area contributed by atoms with Crippen LogP contribution in [0.1, 0.15) is 5.56 Å². The Balaban J connectivity index is 1.83. The number of rotatable bonds is 7. The number of phenols is 1. The minimum atomic E-state index is -0.658. The van der Waals surface area contributed by atoms with E-state index in [1.165, 1.54) is 24.3 Å². The quantitative estimate of drug-likeness (QED) is 0.600. The molecule has 126 valence electrons. The summed E-state index contributed by atoms with van der Waals surface area (Å²) in [5.41, 5.74) is 0.769. The van der Waals surface area contributed by atoms with Crippen molar-refractivity contribution >= 4 is 5.97 Å². The van der Waals surface area contributed by atoms with E-state index >= 15 is 0 Å². The number of carbonyl (C=O) groups excluding carboxylic acids is 1. The number of phenolic OH excluding ortho intramolecular Hbond substituents is 1. The number of hydrogen-bond donors (Lipinski definition) is 2. The Morgan fingerprint density at radius 2 is 1.83 bits per heavy atom. The largest absolute Gasteiger partial charge is 0.509 e. The molecule has 0 heterocycles. The molecule has 6 nitrogen and oxygen atoms in total. The van der Waals surface area contributed by atoms with Gasteiger partial charge in [0.1, 0.15) is 29.3 Å². The molecule has 2 aromatic rings. The van der Waals surface area contributed by atoms with Crippen LogP contribution in [0.4, 0.5) is 0 Å². The third kappa shape index (κ3) is 5.24. The lowest BCUT2D eigenvalue weighted by Crippen LogP contribution is -2.12. The normalized spacial score (nSPS) is 11.0. The van der Waals surface area contributed by atoms with Gasteiger partial charge >= 0.3 is 5.97 Å². The first-order valence-electron chi connectivity index (χ1n) is 7.19. The maximum Gasteiger partial charge on any atom is 0.349 e. The van der Waals surface area contributed by atoms with Crippen molar-refractivity contribution in [3.8, 4) is 17.2 Å². The van der Waals surface area contributed by atoms with Crippen LogP contribution in [0.15, 0.2) is 60.6 Å². The van der Waals surface area contributed by atoms with E-state index in [4.69, 9.17) is 19.3 Å². The van der Waals surface area contributed by atoms with Crippen LogP contribution in [-0.2, 0) is 16.0 Å². The number of methoxy groups -OCH3 is 1. The monoisotopic (exact) mass is 330 g/mol. The summed E-state index contributed by atoms with van der Waals surface area (Å²) in [5, 5.41) is 19.0. The zero-order valence-corrected chi connectivity index (χ0v) is 13.1. The smallest absolute Gasteiger partial charge is 0.349 e. The molecule has 0 unspecified atom stereocenters. The van der Waals surface area contributed by atoms with Crippen LogP contribution < -0.4 is 9.47 Å². The van der Waals surface area contributed by atoms with Gasteiger partial charge in [0.05, 0.1) is 7.11 Å². The van der Waals surface area contributed by atoms with Gasteiger partial charge in [-0.15, -0.1) is 0 Å². The summed E-state index contributed by atoms with van der Waals surface area (Å²) in [6.07, 6.45) is 1.16. The molecule has 2 aromatic carbocycles. The van der Waals surface area contributed by atoms with Crippen LogP contribution in [0.3, 0.4) is 0 Å². The first-order valence-corrected chi connectivity index (χ1v) is 7.19. The van der Waals surface area contributed by atoms with Gasteiger partial charge in [-0.3, -0.25) is 0 Å². The lowest BCUT2D eigenvalue weighted by atomic mass is 10.1. The van der Waals surface area contributed by atoms with Crippen molar-refractivity contribution in [1.82, 2.24) is 0 Å². The molecule has 0 radical (unpaired) electrons. The zero-order valence-electron chi connectivity index (χ0n) is 13.1. The highest BCUT2D eigenvalue weighted by Crippen LogP contribution is 2.20. The van der Waals surface area contributed by atoms with Crippen LogP contribution in [0.2, 0.25) is 0 Å². The van der Waals surface area contributed by atoms with Crippen LogP contribution >= 0.6 is 0 Å². The van der Waals surface area contributed by atoms with Crippen molar-refractivity contribution in [1.29, 1.82) is 0 Å². The van der Waals surface area contributed by atoms with E-state index in [0.717, 1.165) is 11.8 Å². The van der Waals surface area contributed by atoms with Gasteiger partial charge in [0.15, 0.2) is 6.61 Å². The second-order valence-corrected chi connectivity index (χ2v) is 4.87. The van der Waals surface area contributed by atoms with Crippen molar-refractivity contribution in [2.75, 3.05) is 13.7 Å². The Kier molecular flexibility index (Phi) is 6.08. The molecular weight excluding hydrogens is 312 g/mol. The van der Waals surface area contributed by atoms with E-state index in [0.29, 0.717) is 11.5 Å². The fraction of sp³-hybridized carbons (Fsp3) is 0.167. The van der Waals surface area contributed by atoms with E-state index in [1.54, 1.807) is 19.2 Å². The summed E-state index contributed by atoms with van der Waals surface area (Å²) < 4.78 is 15.2. The fourth-order valence-corrected chi connectivity index (χ4v) is 1.94. The number of carbonyl (C=O) groups is 1. The summed E-state index contributed by atoms with van der Waals surface area (Å²) >= 11 is 0. The molecule has 2 N–H and O–H groups in total. The Morgan fingerprint density at radius 3 is 2.54 bits per heavy atom. The molecule has 0 saturated carbocycles. The number of benzene rings is 2. The van der Waals surface area contributed by atoms with Gasteiger partial charge in [0.2, 0.25) is 0 Å². The Hall–Kier alpha value is -3.15. The molecule has 0 fully saturated rings. The summed E-state index contributed by atoms with van der Waals surface area (Å²) in [6, 6.07) is 13.2. The minimum absolute atomic E-state index is 0.106. The van der Waals surface area contributed by atoms with Gasteiger partial charge in [0.25, 0.3) is 0 Å². The number of allylic oxidation sites excluding steroid dienone is 1. The fourth-order valence-electron chi connectivity index (χ4n) is 1.94. The van der Waals surface area contributed by atoms with Gasteiger partial charge in [-0.25, -0.2) is 4.79 Å². The second-order valence-electron chi connectivity index (χ2n) is 4.87. The van der Waals surface area contributed by atoms with E-state index in [1.807, 2.05) is 12.1 Å². The van der Waals surface area contributed by atoms with Gasteiger partial charge in [0, 0.05) is 12.0 Å². The maximum atomic E-state index is 11.6. The molecule has 24 heavy (non-hydrogen) atoms. The number of aliphatic hydroxyl groups excluding tert-OH is 1. The summed E-state index contributed by atoms with van der Waals surface area (Å²) in [7, 11) is 1.54. The predicted molar refractivity (Wildman–Crippen MR) is 87.1 cm³/mol. The molecule has 0 bridgehead atoms. The Bertz CT molecular complexity index is 706. The topological polar surface area (TPSA) is 85.2 Å². The van der Waals surface area contributed by atoms with Gasteiger partial charge in [-0.1, -0.05) is 18.2 Å². The number of aromatic hydroxyl groups is 1. The molecule has 0 aromatic heterocycles. The lowest BCUT2D eigenvalue weighted by Gasteiger charge is -2.08. The highest BCUT2D eigenvalue weighted by molar-refractivity contribution is 5.71. The molecule has 2 rings (SSSR count). The van der Waals surface area contributed by atoms with Crippen LogP contribution in [0.25, 0.3) is 0 Å². The molecule has 0 saturated heterocycles. The van der Waals surface area contributed by atoms with Crippen LogP contribution in [0.5, 0.6) is 17.2 Å². The molecule has 0 amide bonds. The maximum absolute atomic E-state index is 11.6. The van der Waals surface area contributed by atoms with Crippen LogP contribution in [-0.4, -0.2) is 29.9 Å². The first-order chi connectivity index (χ1) is 11.6. The van der Waals surface area contributed by atoms with Crippen molar-refractivity contribution in [3.05, 3.63) is 66.1 Å². The van der Waals surface area contributed by atoms with Crippen LogP contribution in [0, 0.1) is 0 Å². The Morgan fingerprint density at radius 1 is 1.12 bits per heavy atom. The zero-order chi connectivity index (χ0) is 17.4. The molecular formula is C18H18O6. The molecule has 0 spiro atoms. The number of hydrogen-bond acceptors (Lipinski definition) is 6. The van der Waals surface area contributed by atoms with E-state index in [-0.39, 0.29) is 24.5 Å². The summed E-state index contributed by atoms with van der Waals surface area (Å²) in [6.45, 7) is -0.316. The number of aliphatic hydroxyl groups is 1. The van der Waals surface area contributed by atoms with Gasteiger partial charge in [-0.2, -0.15) is 0 Å². The highest BCUT2D eigenvalue weighted by Gasteiger charge is 2.07. The molecule has 0 aliphatic rings. The third-order valence-corrected chi connectivity index (χ3v) is 3.08. The molecule has 0 aliphatic heterocycles. The van der Waals surface area contributed by atoms with E-state index in [2.05, 4.69) is 0 Å². The number of esters is 1. The average Bonchev–Trinajstić information content (AvgIpc) is 2.60. The predicted octanol–water partition coefficient (Wildman–Crippen LogP) is 2.96. The van der Waals surface area contributed by atoms with E-state index < -0.39 is 5.97 Å². The molecule has 0 aliphatic carbocycles. The summed E-state index contributed by atoms with van der Waals surface area (Å²) in [4.78, 5) is 11.6. The summed E-state index contributed by atoms with van der Waals surface area (Å²) in [5.74, 6) is 0.396. The Labute approximate surface area is 139 Å². The number of para-hydroxylation sites is 1. The van der Waals surface area contributed by atoms with Crippen molar-refractivity contribution in [2.24, 2.45) is 0 Å². The van der Waals surface area contributed by atoms with Gasteiger partial charge < -0.3 is 24.4 Å². The molecule has 6 heteroatoms. The van der Waals surface area contributed by atoms with Crippen molar-refractivity contribution in [3.63, 3.8) is 0 Å². The average molecular weight is 330 g/mol. The standard InChI is InChI=1S/C18H18O6/c1-22-17-5-3-2-4-13(17)10-15(20)11-24-18(21)12-23-16-8-6-14(19)7-9-16/h2-9,11,19-20H,10,12H2,1H3/b15-11-. The second kappa shape index (κ2) is 8.47. The van der Waals surface area contributed by atoms with Crippen molar-refractivity contribution < 1.29 is 29.2 Å². The van der Waals surface area contributed by atoms with E-state index in [9.17, 15) is 9.90 Å². The van der Waals surface area contributed by atoms with Gasteiger partial charge in [-0.05, 0) is 30.3 Å². The number of ether oxygens (including phenoxy) is 3. The molecule has 0 atom stereocenters. The van der Waals surface area contributed by atoms with Crippen molar-refractivity contribution in [2.45, 2.75) is 6.42 Å². The minimum Gasteiger partial charge on any atom is -0.509 e. The highest BCUT2D eigenvalue weighted by atomic mass is 16.6. The first kappa shape index (κ1) is 17.2. The SMILES string of the molecule is COc1ccccc1C/C(O)=C/OC(=O)COc1ccc(O)cc1. The lowest BCUT2D eigenvalue weighted by molar-refractivity contribution is -0.140.